The van der Waals surface area contributed by atoms with E-state index in [0.29, 0.717) is 17.9 Å². The third-order valence-corrected chi connectivity index (χ3v) is 10.5. The molecule has 0 aliphatic rings. The Kier molecular flexibility index (Phi) is 16.9. The molecule has 0 fully saturated rings. The molecule has 0 aliphatic heterocycles. The molecule has 0 saturated heterocycles. The number of phenolic OH excluding ortho intramolecular Hbond substituents is 2. The van der Waals surface area contributed by atoms with Crippen LogP contribution in [-0.4, -0.2) is 51.5 Å². The molecule has 0 aliphatic carbocycles. The van der Waals surface area contributed by atoms with Crippen LogP contribution < -0.4 is 0 Å². The summed E-state index contributed by atoms with van der Waals surface area (Å²) in [5.74, 6) is 4.52. The van der Waals surface area contributed by atoms with Gasteiger partial charge in [-0.3, -0.25) is 4.55 Å². The molecular weight excluding hydrogens is 605 g/mol. The summed E-state index contributed by atoms with van der Waals surface area (Å²) in [7, 11) is -3.87. The predicted molar refractivity (Wildman–Crippen MR) is 171 cm³/mol. The molecule has 0 aromatic heterocycles. The van der Waals surface area contributed by atoms with Crippen molar-refractivity contribution in [2.45, 2.75) is 82.1 Å². The molecule has 2 rings (SSSR count). The Morgan fingerprint density at radius 2 is 1.20 bits per heavy atom. The first kappa shape index (κ1) is 36.1. The van der Waals surface area contributed by atoms with Gasteiger partial charge in [-0.25, -0.2) is 5.26 Å². The zero-order valence-electron chi connectivity index (χ0n) is 23.9. The second kappa shape index (κ2) is 19.2. The summed E-state index contributed by atoms with van der Waals surface area (Å²) in [6.45, 7) is 4.31. The van der Waals surface area contributed by atoms with Crippen LogP contribution in [0.25, 0.3) is 0 Å². The van der Waals surface area contributed by atoms with Crippen LogP contribution in [0.3, 0.4) is 0 Å². The molecule has 0 saturated carbocycles. The van der Waals surface area contributed by atoms with Gasteiger partial charge in [0.1, 0.15) is 11.5 Å². The summed E-state index contributed by atoms with van der Waals surface area (Å²) in [5.41, 5.74) is 3.68. The standard InChI is InChI=1S/C29H44O8S4/c1-29(2,25-11-13-27(30)23(19-25)21-38-15-7-3-4-9-17-40-37-36-32)26-12-14-28(31)24(20-26)22-39-16-8-5-6-10-18-41(33,34)35/h11-14,19-20,30-32H,3-10,15-18,21-22H2,1-2H3,(H,33,34,35). The van der Waals surface area contributed by atoms with E-state index in [1.165, 1.54) is 0 Å². The Labute approximate surface area is 257 Å². The van der Waals surface area contributed by atoms with E-state index in [1.54, 1.807) is 23.9 Å². The van der Waals surface area contributed by atoms with Gasteiger partial charge in [0.2, 0.25) is 0 Å². The zero-order valence-corrected chi connectivity index (χ0v) is 27.2. The van der Waals surface area contributed by atoms with Crippen LogP contribution in [0.5, 0.6) is 11.5 Å². The number of unbranched alkanes of at least 4 members (excludes halogenated alkanes) is 6. The molecule has 0 bridgehead atoms. The predicted octanol–water partition coefficient (Wildman–Crippen LogP) is 7.97. The number of benzene rings is 2. The van der Waals surface area contributed by atoms with Gasteiger partial charge in [0.05, 0.1) is 5.75 Å². The lowest BCUT2D eigenvalue weighted by Crippen LogP contribution is -2.19. The van der Waals surface area contributed by atoms with Crippen molar-refractivity contribution in [1.29, 1.82) is 0 Å². The number of hydrogen-bond donors (Lipinski definition) is 4. The summed E-state index contributed by atoms with van der Waals surface area (Å²) in [5, 5.41) is 32.6. The van der Waals surface area contributed by atoms with Gasteiger partial charge in [-0.15, -0.1) is 4.33 Å². The minimum atomic E-state index is -3.87. The van der Waals surface area contributed by atoms with Crippen molar-refractivity contribution in [3.8, 4) is 11.5 Å². The van der Waals surface area contributed by atoms with E-state index in [0.717, 1.165) is 102 Å². The summed E-state index contributed by atoms with van der Waals surface area (Å²) < 4.78 is 34.8. The van der Waals surface area contributed by atoms with Gasteiger partial charge in [-0.1, -0.05) is 68.8 Å². The smallest absolute Gasteiger partial charge is 0.264 e. The van der Waals surface area contributed by atoms with E-state index in [2.05, 4.69) is 35.4 Å². The van der Waals surface area contributed by atoms with Gasteiger partial charge in [-0.2, -0.15) is 31.9 Å². The van der Waals surface area contributed by atoms with Crippen LogP contribution in [0.1, 0.15) is 87.5 Å². The second-order valence-corrected chi connectivity index (χ2v) is 15.1. The number of hydrogen-bond acceptors (Lipinski definition) is 10. The maximum Gasteiger partial charge on any atom is 0.264 e. The van der Waals surface area contributed by atoms with Crippen LogP contribution in [0, 0.1) is 0 Å². The lowest BCUT2D eigenvalue weighted by atomic mass is 9.77. The summed E-state index contributed by atoms with van der Waals surface area (Å²) in [4.78, 5) is 0. The average Bonchev–Trinajstić information content (AvgIpc) is 2.92. The molecular formula is C29H44O8S4. The van der Waals surface area contributed by atoms with E-state index in [-0.39, 0.29) is 16.9 Å². The average molecular weight is 649 g/mol. The van der Waals surface area contributed by atoms with Crippen LogP contribution in [0.4, 0.5) is 0 Å². The molecule has 232 valence electrons. The van der Waals surface area contributed by atoms with Crippen molar-refractivity contribution in [1.82, 2.24) is 0 Å². The fraction of sp³-hybridized carbons (Fsp3) is 0.586. The quantitative estimate of drug-likeness (QED) is 0.0326. The Morgan fingerprint density at radius 3 is 1.66 bits per heavy atom. The van der Waals surface area contributed by atoms with E-state index < -0.39 is 10.1 Å². The summed E-state index contributed by atoms with van der Waals surface area (Å²) in [6, 6.07) is 11.6. The molecule has 41 heavy (non-hydrogen) atoms. The molecule has 0 amide bonds. The highest BCUT2D eigenvalue weighted by Gasteiger charge is 2.25. The van der Waals surface area contributed by atoms with Crippen molar-refractivity contribution in [3.05, 3.63) is 58.7 Å². The molecule has 2 aromatic rings. The highest BCUT2D eigenvalue weighted by molar-refractivity contribution is 7.98. The first-order valence-electron chi connectivity index (χ1n) is 13.9. The molecule has 0 radical (unpaired) electrons. The first-order chi connectivity index (χ1) is 19.5. The van der Waals surface area contributed by atoms with Gasteiger partial charge in [-0.05, 0) is 60.4 Å². The van der Waals surface area contributed by atoms with Crippen LogP contribution in [-0.2, 0) is 36.4 Å². The van der Waals surface area contributed by atoms with E-state index in [1.807, 2.05) is 23.9 Å². The maximum absolute atomic E-state index is 10.8. The summed E-state index contributed by atoms with van der Waals surface area (Å²) in [6.07, 6.45) is 7.39. The Bertz CT molecular complexity index is 1140. The van der Waals surface area contributed by atoms with Crippen molar-refractivity contribution in [2.24, 2.45) is 0 Å². The minimum absolute atomic E-state index is 0.182. The zero-order chi connectivity index (χ0) is 30.1. The third-order valence-electron chi connectivity index (χ3n) is 6.90. The third kappa shape index (κ3) is 14.3. The lowest BCUT2D eigenvalue weighted by molar-refractivity contribution is -0.432. The normalized spacial score (nSPS) is 12.2. The Balaban J connectivity index is 1.85. The van der Waals surface area contributed by atoms with Gasteiger partial charge in [0, 0.05) is 45.8 Å². The number of rotatable bonds is 22. The topological polar surface area (TPSA) is 134 Å². The Morgan fingerprint density at radius 1 is 0.732 bits per heavy atom. The van der Waals surface area contributed by atoms with Crippen molar-refractivity contribution >= 4 is 45.7 Å². The molecule has 0 spiro atoms. The number of aromatic hydroxyl groups is 2. The number of thioether (sulfide) groups is 2. The van der Waals surface area contributed by atoms with Gasteiger partial charge in [0.15, 0.2) is 0 Å². The van der Waals surface area contributed by atoms with Crippen molar-refractivity contribution in [2.75, 3.05) is 23.0 Å². The fourth-order valence-corrected chi connectivity index (χ4v) is 7.34. The molecule has 0 heterocycles. The molecule has 4 N–H and O–H groups in total. The highest BCUT2D eigenvalue weighted by Crippen LogP contribution is 2.37. The first-order valence-corrected chi connectivity index (χ1v) is 18.7. The van der Waals surface area contributed by atoms with E-state index >= 15 is 0 Å². The fourth-order valence-electron chi connectivity index (χ4n) is 4.33. The van der Waals surface area contributed by atoms with E-state index in [4.69, 9.17) is 9.81 Å². The molecule has 2 aromatic carbocycles. The lowest BCUT2D eigenvalue weighted by Gasteiger charge is -2.28. The monoisotopic (exact) mass is 648 g/mol. The van der Waals surface area contributed by atoms with E-state index in [9.17, 15) is 18.6 Å². The molecule has 12 heteroatoms. The summed E-state index contributed by atoms with van der Waals surface area (Å²) >= 11 is 4.65. The largest absolute Gasteiger partial charge is 0.508 e. The van der Waals surface area contributed by atoms with Gasteiger partial charge >= 0.3 is 0 Å². The highest BCUT2D eigenvalue weighted by atomic mass is 32.2. The number of phenols is 2. The van der Waals surface area contributed by atoms with Gasteiger partial charge < -0.3 is 10.2 Å². The van der Waals surface area contributed by atoms with Crippen LogP contribution >= 0.6 is 35.6 Å². The minimum Gasteiger partial charge on any atom is -0.508 e. The van der Waals surface area contributed by atoms with Crippen LogP contribution in [0.15, 0.2) is 36.4 Å². The Hall–Kier alpha value is -1.12. The maximum atomic E-state index is 10.8. The molecule has 0 unspecified atom stereocenters. The van der Waals surface area contributed by atoms with Crippen molar-refractivity contribution in [3.63, 3.8) is 0 Å². The SMILES string of the molecule is CC(C)(c1ccc(O)c(CSCCCCCCSOOO)c1)c1ccc(O)c(CSCCCCCCS(=O)(=O)O)c1. The van der Waals surface area contributed by atoms with Crippen molar-refractivity contribution < 1.29 is 37.8 Å². The van der Waals surface area contributed by atoms with Crippen LogP contribution in [0.2, 0.25) is 0 Å². The van der Waals surface area contributed by atoms with Gasteiger partial charge in [0.25, 0.3) is 10.1 Å². The second-order valence-electron chi connectivity index (χ2n) is 10.5. The molecule has 0 atom stereocenters. The molecule has 8 nitrogen and oxygen atoms in total.